The number of anilines is 2. The van der Waals surface area contributed by atoms with E-state index in [0.29, 0.717) is 18.2 Å². The quantitative estimate of drug-likeness (QED) is 0.713. The van der Waals surface area contributed by atoms with Crippen LogP contribution in [0.1, 0.15) is 22.8 Å². The minimum Gasteiger partial charge on any atom is -0.373 e. The molecule has 1 unspecified atom stereocenters. The molecular formula is C18H13ClF3N3O3. The Hall–Kier alpha value is -3.09. The highest BCUT2D eigenvalue weighted by molar-refractivity contribution is 6.34. The van der Waals surface area contributed by atoms with Crippen LogP contribution in [0.5, 0.6) is 0 Å². The molecule has 0 spiro atoms. The van der Waals surface area contributed by atoms with Crippen LogP contribution in [0.15, 0.2) is 42.5 Å². The molecule has 2 aromatic rings. The summed E-state index contributed by atoms with van der Waals surface area (Å²) in [5, 5.41) is 22.4. The van der Waals surface area contributed by atoms with Crippen LogP contribution in [0, 0.1) is 11.3 Å². The fourth-order valence-corrected chi connectivity index (χ4v) is 2.23. The van der Waals surface area contributed by atoms with Gasteiger partial charge in [0.15, 0.2) is 0 Å². The largest absolute Gasteiger partial charge is 0.426 e. The number of nitrogens with zero attached hydrogens (tertiary/aromatic N) is 1. The van der Waals surface area contributed by atoms with Crippen molar-refractivity contribution in [2.45, 2.75) is 18.7 Å². The van der Waals surface area contributed by atoms with E-state index in [1.165, 1.54) is 12.1 Å². The SMILES string of the molecule is CC(O)(C(=O)Nc1ccc(C(=O)Nc2cccc(C#N)c2)cc1Cl)C(F)(F)F. The second-order valence-electron chi connectivity index (χ2n) is 5.87. The lowest BCUT2D eigenvalue weighted by atomic mass is 10.1. The molecule has 0 saturated carbocycles. The van der Waals surface area contributed by atoms with Crippen molar-refractivity contribution in [3.8, 4) is 6.07 Å². The van der Waals surface area contributed by atoms with Crippen molar-refractivity contribution in [1.29, 1.82) is 5.26 Å². The summed E-state index contributed by atoms with van der Waals surface area (Å²) in [6.45, 7) is 0.313. The van der Waals surface area contributed by atoms with Crippen LogP contribution in [0.3, 0.4) is 0 Å². The van der Waals surface area contributed by atoms with Crippen molar-refractivity contribution in [2.75, 3.05) is 10.6 Å². The molecule has 0 radical (unpaired) electrons. The number of hydrogen-bond donors (Lipinski definition) is 3. The van der Waals surface area contributed by atoms with E-state index in [1.54, 1.807) is 18.2 Å². The average molecular weight is 412 g/mol. The first-order valence-electron chi connectivity index (χ1n) is 7.67. The molecule has 2 aromatic carbocycles. The predicted octanol–water partition coefficient (Wildman–Crippen LogP) is 3.72. The molecule has 2 rings (SSSR count). The zero-order valence-corrected chi connectivity index (χ0v) is 15.0. The Labute approximate surface area is 162 Å². The van der Waals surface area contributed by atoms with Crippen molar-refractivity contribution in [3.63, 3.8) is 0 Å². The Kier molecular flexibility index (Phi) is 5.97. The third kappa shape index (κ3) is 4.60. The molecular weight excluding hydrogens is 399 g/mol. The van der Waals surface area contributed by atoms with Crippen LogP contribution in [-0.4, -0.2) is 28.7 Å². The maximum Gasteiger partial charge on any atom is 0.426 e. The summed E-state index contributed by atoms with van der Waals surface area (Å²) in [5.41, 5.74) is -3.06. The number of amides is 2. The molecule has 6 nitrogen and oxygen atoms in total. The van der Waals surface area contributed by atoms with E-state index in [0.717, 1.165) is 12.1 Å². The highest BCUT2D eigenvalue weighted by Gasteiger charge is 2.55. The molecule has 2 amide bonds. The Morgan fingerprint density at radius 1 is 1.14 bits per heavy atom. The molecule has 0 aliphatic heterocycles. The van der Waals surface area contributed by atoms with E-state index in [1.807, 2.05) is 11.4 Å². The Balaban J connectivity index is 2.16. The smallest absolute Gasteiger partial charge is 0.373 e. The lowest BCUT2D eigenvalue weighted by molar-refractivity contribution is -0.242. The summed E-state index contributed by atoms with van der Waals surface area (Å²) in [6, 6.07) is 11.6. The van der Waals surface area contributed by atoms with Crippen molar-refractivity contribution in [2.24, 2.45) is 0 Å². The van der Waals surface area contributed by atoms with Gasteiger partial charge in [-0.15, -0.1) is 0 Å². The zero-order chi connectivity index (χ0) is 21.1. The second-order valence-corrected chi connectivity index (χ2v) is 6.27. The van der Waals surface area contributed by atoms with Crippen LogP contribution in [-0.2, 0) is 4.79 Å². The first kappa shape index (κ1) is 21.2. The van der Waals surface area contributed by atoms with Gasteiger partial charge in [0.05, 0.1) is 22.3 Å². The number of carbonyl (C=O) groups excluding carboxylic acids is 2. The van der Waals surface area contributed by atoms with Crippen molar-refractivity contribution in [3.05, 3.63) is 58.6 Å². The molecule has 0 saturated heterocycles. The number of carbonyl (C=O) groups is 2. The summed E-state index contributed by atoms with van der Waals surface area (Å²) >= 11 is 5.93. The van der Waals surface area contributed by atoms with E-state index in [9.17, 15) is 27.9 Å². The van der Waals surface area contributed by atoms with Crippen LogP contribution >= 0.6 is 11.6 Å². The van der Waals surface area contributed by atoms with Gasteiger partial charge in [0.2, 0.25) is 5.60 Å². The highest BCUT2D eigenvalue weighted by Crippen LogP contribution is 2.32. The van der Waals surface area contributed by atoms with Gasteiger partial charge in [-0.1, -0.05) is 17.7 Å². The molecule has 146 valence electrons. The summed E-state index contributed by atoms with van der Waals surface area (Å²) in [4.78, 5) is 24.0. The molecule has 0 bridgehead atoms. The third-order valence-corrected chi connectivity index (χ3v) is 4.04. The van der Waals surface area contributed by atoms with Gasteiger partial charge in [0.25, 0.3) is 11.8 Å². The molecule has 3 N–H and O–H groups in total. The maximum atomic E-state index is 12.7. The van der Waals surface area contributed by atoms with Crippen LogP contribution < -0.4 is 10.6 Å². The molecule has 0 heterocycles. The van der Waals surface area contributed by atoms with E-state index in [4.69, 9.17) is 16.9 Å². The van der Waals surface area contributed by atoms with Crippen molar-refractivity contribution >= 4 is 34.8 Å². The third-order valence-electron chi connectivity index (χ3n) is 3.72. The van der Waals surface area contributed by atoms with Crippen LogP contribution in [0.2, 0.25) is 5.02 Å². The van der Waals surface area contributed by atoms with Gasteiger partial charge in [-0.3, -0.25) is 9.59 Å². The number of halogens is 4. The van der Waals surface area contributed by atoms with Gasteiger partial charge in [-0.25, -0.2) is 0 Å². The first-order valence-corrected chi connectivity index (χ1v) is 8.05. The van der Waals surface area contributed by atoms with Gasteiger partial charge in [0.1, 0.15) is 0 Å². The van der Waals surface area contributed by atoms with Gasteiger partial charge in [-0.05, 0) is 43.3 Å². The standard InChI is InChI=1S/C18H13ClF3N3O3/c1-17(28,18(20,21)22)16(27)25-14-6-5-11(8-13(14)19)15(26)24-12-4-2-3-10(7-12)9-23/h2-8,28H,1H3,(H,24,26)(H,25,27). The minimum absolute atomic E-state index is 0.0629. The highest BCUT2D eigenvalue weighted by atomic mass is 35.5. The van der Waals surface area contributed by atoms with Crippen LogP contribution in [0.25, 0.3) is 0 Å². The number of hydrogen-bond acceptors (Lipinski definition) is 4. The lowest BCUT2D eigenvalue weighted by Crippen LogP contribution is -2.52. The summed E-state index contributed by atoms with van der Waals surface area (Å²) in [6.07, 6.45) is -5.18. The van der Waals surface area contributed by atoms with Crippen molar-refractivity contribution in [1.82, 2.24) is 0 Å². The van der Waals surface area contributed by atoms with E-state index in [2.05, 4.69) is 5.32 Å². The molecule has 28 heavy (non-hydrogen) atoms. The Morgan fingerprint density at radius 3 is 2.39 bits per heavy atom. The average Bonchev–Trinajstić information content (AvgIpc) is 2.62. The Morgan fingerprint density at radius 2 is 1.82 bits per heavy atom. The Bertz CT molecular complexity index is 969. The number of alkyl halides is 3. The van der Waals surface area contributed by atoms with Gasteiger partial charge in [-0.2, -0.15) is 18.4 Å². The molecule has 0 aliphatic carbocycles. The van der Waals surface area contributed by atoms with Gasteiger partial charge < -0.3 is 15.7 Å². The lowest BCUT2D eigenvalue weighted by Gasteiger charge is -2.25. The monoisotopic (exact) mass is 411 g/mol. The minimum atomic E-state index is -5.18. The summed E-state index contributed by atoms with van der Waals surface area (Å²) in [5.74, 6) is -2.30. The zero-order valence-electron chi connectivity index (χ0n) is 14.3. The first-order chi connectivity index (χ1) is 13.0. The fraction of sp³-hybridized carbons (Fsp3) is 0.167. The normalized spacial score (nSPS) is 13.2. The molecule has 10 heteroatoms. The van der Waals surface area contributed by atoms with E-state index < -0.39 is 23.6 Å². The molecule has 0 fully saturated rings. The van der Waals surface area contributed by atoms with Gasteiger partial charge >= 0.3 is 6.18 Å². The van der Waals surface area contributed by atoms with Crippen LogP contribution in [0.4, 0.5) is 24.5 Å². The number of benzene rings is 2. The van der Waals surface area contributed by atoms with Crippen molar-refractivity contribution < 1.29 is 27.9 Å². The second kappa shape index (κ2) is 7.88. The topological polar surface area (TPSA) is 102 Å². The number of nitrogens with one attached hydrogen (secondary N) is 2. The number of aliphatic hydroxyl groups is 1. The number of nitriles is 1. The molecule has 0 aromatic heterocycles. The predicted molar refractivity (Wildman–Crippen MR) is 95.9 cm³/mol. The van der Waals surface area contributed by atoms with E-state index >= 15 is 0 Å². The van der Waals surface area contributed by atoms with Gasteiger partial charge in [0, 0.05) is 11.3 Å². The number of rotatable bonds is 4. The van der Waals surface area contributed by atoms with E-state index in [-0.39, 0.29) is 16.3 Å². The fourth-order valence-electron chi connectivity index (χ4n) is 2.00. The molecule has 1 atom stereocenters. The maximum absolute atomic E-state index is 12.7. The summed E-state index contributed by atoms with van der Waals surface area (Å²) < 4.78 is 38.1. The molecule has 0 aliphatic rings. The summed E-state index contributed by atoms with van der Waals surface area (Å²) in [7, 11) is 0.